The number of hydrogen-bond donors (Lipinski definition) is 1. The van der Waals surface area contributed by atoms with Crippen LogP contribution < -0.4 is 10.5 Å². The van der Waals surface area contributed by atoms with Crippen molar-refractivity contribution in [2.45, 2.75) is 26.9 Å². The van der Waals surface area contributed by atoms with E-state index in [4.69, 9.17) is 11.6 Å². The molecule has 3 aromatic rings. The van der Waals surface area contributed by atoms with Crippen molar-refractivity contribution in [3.63, 3.8) is 0 Å². The van der Waals surface area contributed by atoms with Gasteiger partial charge in [0.15, 0.2) is 4.96 Å². The molecular weight excluding hydrogens is 338 g/mol. The average molecular weight is 355 g/mol. The predicted octanol–water partition coefficient (Wildman–Crippen LogP) is 2.38. The van der Waals surface area contributed by atoms with Crippen LogP contribution in [0.4, 0.5) is 0 Å². The monoisotopic (exact) mass is 354 g/mol. The highest BCUT2D eigenvalue weighted by molar-refractivity contribution is 7.16. The third kappa shape index (κ3) is 3.25. The molecule has 4 nitrogen and oxygen atoms in total. The molecule has 3 aromatic heterocycles. The van der Waals surface area contributed by atoms with E-state index in [0.29, 0.717) is 0 Å². The molecule has 3 heterocycles. The number of hydrogen-bond acceptors (Lipinski definition) is 4. The summed E-state index contributed by atoms with van der Waals surface area (Å²) in [5, 5.41) is 1.96. The first-order valence-corrected chi connectivity index (χ1v) is 9.18. The van der Waals surface area contributed by atoms with Crippen LogP contribution in [0, 0.1) is 6.92 Å². The summed E-state index contributed by atoms with van der Waals surface area (Å²) in [6.07, 6.45) is 0. The van der Waals surface area contributed by atoms with Crippen molar-refractivity contribution >= 4 is 39.2 Å². The smallest absolute Gasteiger partial charge is 0.259 e. The van der Waals surface area contributed by atoms with Gasteiger partial charge >= 0.3 is 0 Å². The minimum atomic E-state index is 0.00775. The lowest BCUT2D eigenvalue weighted by Gasteiger charge is -2.16. The molecule has 0 aliphatic heterocycles. The molecule has 0 aliphatic rings. The summed E-state index contributed by atoms with van der Waals surface area (Å²) in [4.78, 5) is 20.2. The van der Waals surface area contributed by atoms with Gasteiger partial charge in [0, 0.05) is 17.1 Å². The summed E-state index contributed by atoms with van der Waals surface area (Å²) in [6.45, 7) is 6.69. The zero-order chi connectivity index (χ0) is 15.7. The van der Waals surface area contributed by atoms with Crippen molar-refractivity contribution in [1.82, 2.24) is 9.38 Å². The molecule has 0 bridgehead atoms. The number of thiophene rings is 1. The number of aryl methyl sites for hydroxylation is 1. The Balaban J connectivity index is 1.82. The van der Waals surface area contributed by atoms with E-state index in [1.807, 2.05) is 18.4 Å². The molecule has 0 amide bonds. The lowest BCUT2D eigenvalue weighted by Crippen LogP contribution is -3.09. The minimum absolute atomic E-state index is 0.00775. The first kappa shape index (κ1) is 15.7. The molecule has 0 aromatic carbocycles. The van der Waals surface area contributed by atoms with Gasteiger partial charge in [-0.25, -0.2) is 4.98 Å². The van der Waals surface area contributed by atoms with Crippen molar-refractivity contribution in [1.29, 1.82) is 0 Å². The first-order valence-electron chi connectivity index (χ1n) is 7.11. The number of nitrogens with zero attached hydrogens (tertiary/aromatic N) is 2. The van der Waals surface area contributed by atoms with Gasteiger partial charge in [0.25, 0.3) is 5.56 Å². The maximum Gasteiger partial charge on any atom is 0.259 e. The molecule has 0 fully saturated rings. The van der Waals surface area contributed by atoms with Crippen molar-refractivity contribution in [2.24, 2.45) is 0 Å². The Bertz CT molecular complexity index is 852. The number of quaternary nitrogens is 1. The predicted molar refractivity (Wildman–Crippen MR) is 92.3 cm³/mol. The molecule has 1 unspecified atom stereocenters. The number of fused-ring (bicyclic) bond motifs is 1. The Labute approximate surface area is 141 Å². The molecule has 1 atom stereocenters. The van der Waals surface area contributed by atoms with Gasteiger partial charge in [-0.15, -0.1) is 22.7 Å². The van der Waals surface area contributed by atoms with Gasteiger partial charge < -0.3 is 4.90 Å². The third-order valence-corrected chi connectivity index (χ3v) is 5.79. The summed E-state index contributed by atoms with van der Waals surface area (Å²) >= 11 is 9.11. The molecule has 0 aliphatic carbocycles. The fourth-order valence-electron chi connectivity index (χ4n) is 2.45. The molecule has 3 rings (SSSR count). The standard InChI is InChI=1S/C15H16ClN3OS2/c1-3-18(8-12-4-5-13(16)22-12)7-11-6-14(20)19-10(2)9-21-15(19)17-11/h4-6,9H,3,7-8H2,1-2H3/p+1. The highest BCUT2D eigenvalue weighted by atomic mass is 35.5. The quantitative estimate of drug-likeness (QED) is 0.764. The van der Waals surface area contributed by atoms with E-state index in [0.717, 1.165) is 40.3 Å². The van der Waals surface area contributed by atoms with Crippen LogP contribution >= 0.6 is 34.3 Å². The highest BCUT2D eigenvalue weighted by Gasteiger charge is 2.13. The van der Waals surface area contributed by atoms with E-state index in [9.17, 15) is 4.79 Å². The van der Waals surface area contributed by atoms with E-state index in [2.05, 4.69) is 18.0 Å². The van der Waals surface area contributed by atoms with Crippen LogP contribution in [0.15, 0.2) is 28.4 Å². The van der Waals surface area contributed by atoms with Crippen LogP contribution in [-0.2, 0) is 13.1 Å². The van der Waals surface area contributed by atoms with Crippen LogP contribution in [0.5, 0.6) is 0 Å². The van der Waals surface area contributed by atoms with Gasteiger partial charge in [-0.05, 0) is 26.0 Å². The summed E-state index contributed by atoms with van der Waals surface area (Å²) < 4.78 is 2.48. The van der Waals surface area contributed by atoms with Crippen LogP contribution in [-0.4, -0.2) is 15.9 Å². The Morgan fingerprint density at radius 1 is 1.36 bits per heavy atom. The second-order valence-electron chi connectivity index (χ2n) is 5.24. The summed E-state index contributed by atoms with van der Waals surface area (Å²) in [5.74, 6) is 0. The van der Waals surface area contributed by atoms with Crippen molar-refractivity contribution in [3.05, 3.63) is 54.5 Å². The molecular formula is C15H17ClN3OS2+. The largest absolute Gasteiger partial charge is 0.326 e. The van der Waals surface area contributed by atoms with Gasteiger partial charge in [0.05, 0.1) is 15.8 Å². The zero-order valence-corrected chi connectivity index (χ0v) is 14.8. The van der Waals surface area contributed by atoms with Gasteiger partial charge in [0.1, 0.15) is 18.8 Å². The molecule has 1 N–H and O–H groups in total. The molecule has 0 radical (unpaired) electrons. The summed E-state index contributed by atoms with van der Waals surface area (Å²) in [5.41, 5.74) is 1.80. The third-order valence-electron chi connectivity index (χ3n) is 3.61. The van der Waals surface area contributed by atoms with Crippen LogP contribution in [0.3, 0.4) is 0 Å². The molecule has 22 heavy (non-hydrogen) atoms. The topological polar surface area (TPSA) is 38.8 Å². The van der Waals surface area contributed by atoms with E-state index < -0.39 is 0 Å². The van der Waals surface area contributed by atoms with Crippen LogP contribution in [0.2, 0.25) is 4.34 Å². The van der Waals surface area contributed by atoms with Crippen molar-refractivity contribution in [3.8, 4) is 0 Å². The number of halogens is 1. The van der Waals surface area contributed by atoms with E-state index in [1.54, 1.807) is 21.8 Å². The number of aromatic nitrogens is 2. The van der Waals surface area contributed by atoms with E-state index in [1.165, 1.54) is 21.1 Å². The fourth-order valence-corrected chi connectivity index (χ4v) is 4.50. The Hall–Kier alpha value is -1.21. The molecule has 116 valence electrons. The van der Waals surface area contributed by atoms with Crippen LogP contribution in [0.1, 0.15) is 23.2 Å². The summed E-state index contributed by atoms with van der Waals surface area (Å²) in [7, 11) is 0. The van der Waals surface area contributed by atoms with Crippen molar-refractivity contribution in [2.75, 3.05) is 6.54 Å². The fraction of sp³-hybridized carbons (Fsp3) is 0.333. The molecule has 0 saturated heterocycles. The molecule has 7 heteroatoms. The van der Waals surface area contributed by atoms with Crippen molar-refractivity contribution < 1.29 is 4.90 Å². The Kier molecular flexibility index (Phi) is 4.63. The maximum atomic E-state index is 12.2. The second-order valence-corrected chi connectivity index (χ2v) is 7.88. The zero-order valence-electron chi connectivity index (χ0n) is 12.4. The lowest BCUT2D eigenvalue weighted by atomic mass is 10.3. The summed E-state index contributed by atoms with van der Waals surface area (Å²) in [6, 6.07) is 5.65. The molecule has 0 saturated carbocycles. The highest BCUT2D eigenvalue weighted by Crippen LogP contribution is 2.20. The SMILES string of the molecule is CC[NH+](Cc1cc(=O)n2c(C)csc2n1)Cc1ccc(Cl)s1. The number of thiazole rings is 1. The van der Waals surface area contributed by atoms with Gasteiger partial charge in [-0.3, -0.25) is 9.20 Å². The van der Waals surface area contributed by atoms with Crippen LogP contribution in [0.25, 0.3) is 4.96 Å². The number of rotatable bonds is 5. The number of nitrogens with one attached hydrogen (secondary N) is 1. The average Bonchev–Trinajstić information content (AvgIpc) is 3.05. The van der Waals surface area contributed by atoms with E-state index in [-0.39, 0.29) is 5.56 Å². The minimum Gasteiger partial charge on any atom is -0.326 e. The van der Waals surface area contributed by atoms with Gasteiger partial charge in [-0.2, -0.15) is 0 Å². The second kappa shape index (κ2) is 6.50. The van der Waals surface area contributed by atoms with Gasteiger partial charge in [0.2, 0.25) is 0 Å². The van der Waals surface area contributed by atoms with Gasteiger partial charge in [-0.1, -0.05) is 11.6 Å². The Morgan fingerprint density at radius 3 is 2.86 bits per heavy atom. The molecule has 0 spiro atoms. The normalized spacial score (nSPS) is 12.9. The Morgan fingerprint density at radius 2 is 2.18 bits per heavy atom. The lowest BCUT2D eigenvalue weighted by molar-refractivity contribution is -0.925. The maximum absolute atomic E-state index is 12.2. The first-order chi connectivity index (χ1) is 10.6. The van der Waals surface area contributed by atoms with E-state index >= 15 is 0 Å².